The quantitative estimate of drug-likeness (QED) is 0.808. The van der Waals surface area contributed by atoms with Gasteiger partial charge in [0.25, 0.3) is 0 Å². The maximum absolute atomic E-state index is 14.0. The van der Waals surface area contributed by atoms with Crippen LogP contribution in [0.3, 0.4) is 0 Å². The average molecular weight is 303 g/mol. The van der Waals surface area contributed by atoms with Crippen LogP contribution < -0.4 is 5.32 Å². The predicted octanol–water partition coefficient (Wildman–Crippen LogP) is 4.43. The molecule has 2 rings (SSSR count). The Labute approximate surface area is 122 Å². The first-order valence-electron chi connectivity index (χ1n) is 7.13. The number of halogens is 3. The van der Waals surface area contributed by atoms with E-state index in [2.05, 4.69) is 5.32 Å². The molecule has 0 saturated carbocycles. The Bertz CT molecular complexity index is 447. The monoisotopic (exact) mass is 303 g/mol. The highest BCUT2D eigenvalue weighted by molar-refractivity contribution is 8.00. The molecule has 1 aromatic rings. The van der Waals surface area contributed by atoms with Crippen LogP contribution in [0.15, 0.2) is 12.1 Å². The normalized spacial score (nSPS) is 20.9. The molecule has 20 heavy (non-hydrogen) atoms. The molecule has 1 heterocycles. The smallest absolute Gasteiger partial charge is 0.194 e. The molecule has 1 fully saturated rings. The van der Waals surface area contributed by atoms with Crippen LogP contribution in [0.25, 0.3) is 0 Å². The minimum Gasteiger partial charge on any atom is -0.309 e. The number of rotatable bonds is 5. The highest BCUT2D eigenvalue weighted by atomic mass is 32.2. The SMILES string of the molecule is CCCNC(c1ccc(F)c(F)c1F)C1CCCCS1. The van der Waals surface area contributed by atoms with Crippen LogP contribution in [0.1, 0.15) is 44.2 Å². The van der Waals surface area contributed by atoms with Crippen molar-refractivity contribution in [3.8, 4) is 0 Å². The van der Waals surface area contributed by atoms with Crippen molar-refractivity contribution in [2.24, 2.45) is 0 Å². The Morgan fingerprint density at radius 2 is 2.05 bits per heavy atom. The molecule has 0 radical (unpaired) electrons. The van der Waals surface area contributed by atoms with Crippen LogP contribution in [0, 0.1) is 17.5 Å². The third-order valence-corrected chi connectivity index (χ3v) is 5.06. The van der Waals surface area contributed by atoms with E-state index in [0.29, 0.717) is 0 Å². The lowest BCUT2D eigenvalue weighted by molar-refractivity contribution is 0.413. The molecule has 0 aromatic heterocycles. The molecule has 5 heteroatoms. The van der Waals surface area contributed by atoms with E-state index in [1.54, 1.807) is 11.8 Å². The van der Waals surface area contributed by atoms with Crippen LogP contribution in [0.4, 0.5) is 13.2 Å². The highest BCUT2D eigenvalue weighted by Gasteiger charge is 2.29. The highest BCUT2D eigenvalue weighted by Crippen LogP contribution is 2.36. The van der Waals surface area contributed by atoms with E-state index in [4.69, 9.17) is 0 Å². The summed E-state index contributed by atoms with van der Waals surface area (Å²) in [5, 5.41) is 3.51. The number of nitrogens with one attached hydrogen (secondary N) is 1. The predicted molar refractivity (Wildman–Crippen MR) is 77.4 cm³/mol. The summed E-state index contributed by atoms with van der Waals surface area (Å²) in [7, 11) is 0. The molecule has 2 atom stereocenters. The van der Waals surface area contributed by atoms with Gasteiger partial charge in [-0.3, -0.25) is 0 Å². The lowest BCUT2D eigenvalue weighted by Gasteiger charge is -2.31. The van der Waals surface area contributed by atoms with Crippen molar-refractivity contribution < 1.29 is 13.2 Å². The molecule has 0 aliphatic carbocycles. The second kappa shape index (κ2) is 7.36. The second-order valence-electron chi connectivity index (χ2n) is 5.10. The van der Waals surface area contributed by atoms with Gasteiger partial charge in [0.1, 0.15) is 0 Å². The Morgan fingerprint density at radius 3 is 2.70 bits per heavy atom. The fourth-order valence-electron chi connectivity index (χ4n) is 2.55. The third-order valence-electron chi connectivity index (χ3n) is 3.60. The largest absolute Gasteiger partial charge is 0.309 e. The van der Waals surface area contributed by atoms with Gasteiger partial charge >= 0.3 is 0 Å². The minimum absolute atomic E-state index is 0.217. The van der Waals surface area contributed by atoms with E-state index >= 15 is 0 Å². The van der Waals surface area contributed by atoms with Crippen LogP contribution in [0.5, 0.6) is 0 Å². The first-order chi connectivity index (χ1) is 9.65. The van der Waals surface area contributed by atoms with Gasteiger partial charge in [0.2, 0.25) is 0 Å². The summed E-state index contributed by atoms with van der Waals surface area (Å²) in [6, 6.07) is 2.13. The number of hydrogen-bond acceptors (Lipinski definition) is 2. The van der Waals surface area contributed by atoms with E-state index in [0.717, 1.165) is 37.6 Å². The molecule has 0 spiro atoms. The lowest BCUT2D eigenvalue weighted by Crippen LogP contribution is -2.33. The van der Waals surface area contributed by atoms with Gasteiger partial charge in [0, 0.05) is 16.9 Å². The van der Waals surface area contributed by atoms with E-state index < -0.39 is 17.5 Å². The van der Waals surface area contributed by atoms with Crippen LogP contribution in [0.2, 0.25) is 0 Å². The summed E-state index contributed by atoms with van der Waals surface area (Å²) in [5.41, 5.74) is 0.247. The molecule has 2 unspecified atom stereocenters. The molecular weight excluding hydrogens is 283 g/mol. The van der Waals surface area contributed by atoms with Crippen molar-refractivity contribution in [2.75, 3.05) is 12.3 Å². The molecule has 0 bridgehead atoms. The molecule has 1 aliphatic heterocycles. The number of hydrogen-bond donors (Lipinski definition) is 1. The van der Waals surface area contributed by atoms with Crippen molar-refractivity contribution in [1.29, 1.82) is 0 Å². The number of benzene rings is 1. The van der Waals surface area contributed by atoms with Gasteiger partial charge < -0.3 is 5.32 Å². The summed E-state index contributed by atoms with van der Waals surface area (Å²) >= 11 is 1.79. The maximum atomic E-state index is 14.0. The second-order valence-corrected chi connectivity index (χ2v) is 6.45. The first-order valence-corrected chi connectivity index (χ1v) is 8.18. The van der Waals surface area contributed by atoms with Crippen molar-refractivity contribution in [2.45, 2.75) is 43.9 Å². The number of thioether (sulfide) groups is 1. The molecule has 1 aromatic carbocycles. The van der Waals surface area contributed by atoms with Gasteiger partial charge in [-0.2, -0.15) is 11.8 Å². The molecule has 1 nitrogen and oxygen atoms in total. The van der Waals surface area contributed by atoms with Gasteiger partial charge in [-0.15, -0.1) is 0 Å². The van der Waals surface area contributed by atoms with E-state index in [9.17, 15) is 13.2 Å². The molecular formula is C15H20F3NS. The molecule has 1 aliphatic rings. The standard InChI is InChI=1S/C15H20F3NS/c1-2-8-19-15(12-5-3-4-9-20-12)10-6-7-11(16)14(18)13(10)17/h6-7,12,15,19H,2-5,8-9H2,1H3. The van der Waals surface area contributed by atoms with Crippen molar-refractivity contribution >= 4 is 11.8 Å². The summed E-state index contributed by atoms with van der Waals surface area (Å²) < 4.78 is 40.6. The Balaban J connectivity index is 2.27. The third kappa shape index (κ3) is 3.50. The van der Waals surface area contributed by atoms with Gasteiger partial charge in [0.05, 0.1) is 0 Å². The first kappa shape index (κ1) is 15.7. The van der Waals surface area contributed by atoms with Gasteiger partial charge in [-0.1, -0.05) is 19.4 Å². The Morgan fingerprint density at radius 1 is 1.25 bits per heavy atom. The molecule has 1 N–H and O–H groups in total. The van der Waals surface area contributed by atoms with Crippen LogP contribution in [-0.2, 0) is 0 Å². The fraction of sp³-hybridized carbons (Fsp3) is 0.600. The van der Waals surface area contributed by atoms with Gasteiger partial charge in [-0.25, -0.2) is 13.2 Å². The zero-order chi connectivity index (χ0) is 14.5. The summed E-state index contributed by atoms with van der Waals surface area (Å²) in [6.07, 6.45) is 4.17. The van der Waals surface area contributed by atoms with Gasteiger partial charge in [0.15, 0.2) is 17.5 Å². The van der Waals surface area contributed by atoms with Crippen molar-refractivity contribution in [1.82, 2.24) is 5.32 Å². The Hall–Kier alpha value is -0.680. The summed E-state index contributed by atoms with van der Waals surface area (Å²) in [4.78, 5) is 0. The average Bonchev–Trinajstić information content (AvgIpc) is 2.48. The van der Waals surface area contributed by atoms with Crippen LogP contribution in [-0.4, -0.2) is 17.5 Å². The van der Waals surface area contributed by atoms with Crippen LogP contribution >= 0.6 is 11.8 Å². The lowest BCUT2D eigenvalue weighted by atomic mass is 9.98. The zero-order valence-electron chi connectivity index (χ0n) is 11.6. The van der Waals surface area contributed by atoms with Crippen molar-refractivity contribution in [3.05, 3.63) is 35.1 Å². The van der Waals surface area contributed by atoms with Crippen molar-refractivity contribution in [3.63, 3.8) is 0 Å². The minimum atomic E-state index is -1.37. The van der Waals surface area contributed by atoms with E-state index in [1.165, 1.54) is 12.5 Å². The summed E-state index contributed by atoms with van der Waals surface area (Å²) in [5.74, 6) is -2.51. The molecule has 112 valence electrons. The summed E-state index contributed by atoms with van der Waals surface area (Å²) in [6.45, 7) is 2.76. The fourth-order valence-corrected chi connectivity index (χ4v) is 3.99. The topological polar surface area (TPSA) is 12.0 Å². The molecule has 1 saturated heterocycles. The van der Waals surface area contributed by atoms with E-state index in [1.807, 2.05) is 6.92 Å². The Kier molecular flexibility index (Phi) is 5.78. The zero-order valence-corrected chi connectivity index (χ0v) is 12.4. The molecule has 0 amide bonds. The van der Waals surface area contributed by atoms with Gasteiger partial charge in [-0.05, 0) is 37.6 Å². The maximum Gasteiger partial charge on any atom is 0.194 e. The van der Waals surface area contributed by atoms with E-state index in [-0.39, 0.29) is 16.9 Å².